The van der Waals surface area contributed by atoms with Gasteiger partial charge in [-0.15, -0.1) is 0 Å². The molecule has 2 N–H and O–H groups in total. The number of nitrogens with one attached hydrogen (secondary N) is 2. The number of carbonyl (C=O) groups excluding carboxylic acids is 3. The van der Waals surface area contributed by atoms with Crippen LogP contribution in [0.2, 0.25) is 0 Å². The Morgan fingerprint density at radius 2 is 1.93 bits per heavy atom. The van der Waals surface area contributed by atoms with Crippen LogP contribution in [0.4, 0.5) is 4.39 Å². The lowest BCUT2D eigenvalue weighted by Gasteiger charge is -2.15. The number of hydrogen-bond acceptors (Lipinski definition) is 6. The first-order valence-corrected chi connectivity index (χ1v) is 8.73. The van der Waals surface area contributed by atoms with E-state index in [2.05, 4.69) is 15.6 Å². The number of benzene rings is 1. The molecule has 0 saturated carbocycles. The molecular formula is C20H21FN2O6. The third-order valence-electron chi connectivity index (χ3n) is 3.70. The molecule has 8 nitrogen and oxygen atoms in total. The SMILES string of the molecule is COC(=O)CCc1ccc(/C=C/C(=O)NNC(=O)[C@@H](C)Oc2ccccc2F)o1. The van der Waals surface area contributed by atoms with Crippen molar-refractivity contribution in [3.8, 4) is 5.75 Å². The minimum atomic E-state index is -1.03. The summed E-state index contributed by atoms with van der Waals surface area (Å²) < 4.78 is 28.7. The fourth-order valence-corrected chi connectivity index (χ4v) is 2.15. The van der Waals surface area contributed by atoms with Crippen LogP contribution in [0.15, 0.2) is 46.9 Å². The Labute approximate surface area is 166 Å². The molecule has 0 aliphatic rings. The second-order valence-corrected chi connectivity index (χ2v) is 5.88. The van der Waals surface area contributed by atoms with Crippen molar-refractivity contribution in [3.63, 3.8) is 0 Å². The third kappa shape index (κ3) is 7.13. The van der Waals surface area contributed by atoms with Gasteiger partial charge in [-0.05, 0) is 37.3 Å². The maximum Gasteiger partial charge on any atom is 0.305 e. The summed E-state index contributed by atoms with van der Waals surface area (Å²) in [6, 6.07) is 9.00. The predicted octanol–water partition coefficient (Wildman–Crippen LogP) is 2.15. The van der Waals surface area contributed by atoms with E-state index in [4.69, 9.17) is 9.15 Å². The van der Waals surface area contributed by atoms with Crippen molar-refractivity contribution in [2.24, 2.45) is 0 Å². The van der Waals surface area contributed by atoms with Crippen LogP contribution in [0.25, 0.3) is 6.08 Å². The summed E-state index contributed by atoms with van der Waals surface area (Å²) in [7, 11) is 1.31. The van der Waals surface area contributed by atoms with Crippen molar-refractivity contribution in [1.29, 1.82) is 0 Å². The molecule has 0 unspecified atom stereocenters. The summed E-state index contributed by atoms with van der Waals surface area (Å²) in [6.45, 7) is 1.42. The van der Waals surface area contributed by atoms with E-state index in [-0.39, 0.29) is 18.1 Å². The third-order valence-corrected chi connectivity index (χ3v) is 3.70. The normalized spacial score (nSPS) is 11.7. The minimum absolute atomic E-state index is 0.0674. The first-order chi connectivity index (χ1) is 13.9. The first kappa shape index (κ1) is 21.7. The Bertz CT molecular complexity index is 893. The summed E-state index contributed by atoms with van der Waals surface area (Å²) in [5.74, 6) is -1.29. The van der Waals surface area contributed by atoms with Gasteiger partial charge in [-0.3, -0.25) is 25.2 Å². The van der Waals surface area contributed by atoms with Crippen molar-refractivity contribution in [2.45, 2.75) is 25.9 Å². The summed E-state index contributed by atoms with van der Waals surface area (Å²) >= 11 is 0. The van der Waals surface area contributed by atoms with Crippen molar-refractivity contribution in [3.05, 3.63) is 59.8 Å². The van der Waals surface area contributed by atoms with Crippen LogP contribution in [0.1, 0.15) is 24.9 Å². The van der Waals surface area contributed by atoms with Gasteiger partial charge in [0, 0.05) is 12.5 Å². The average Bonchev–Trinajstić information content (AvgIpc) is 3.18. The Balaban J connectivity index is 1.77. The maximum absolute atomic E-state index is 13.5. The number of hydrazine groups is 1. The van der Waals surface area contributed by atoms with Gasteiger partial charge in [-0.2, -0.15) is 0 Å². The number of halogens is 1. The number of aryl methyl sites for hydroxylation is 1. The molecule has 2 rings (SSSR count). The molecule has 1 heterocycles. The van der Waals surface area contributed by atoms with Crippen molar-refractivity contribution in [1.82, 2.24) is 10.9 Å². The lowest BCUT2D eigenvalue weighted by molar-refractivity contribution is -0.140. The number of methoxy groups -OCH3 is 1. The van der Waals surface area contributed by atoms with Crippen molar-refractivity contribution in [2.75, 3.05) is 7.11 Å². The molecule has 0 saturated heterocycles. The molecule has 154 valence electrons. The molecule has 2 amide bonds. The highest BCUT2D eigenvalue weighted by Gasteiger charge is 2.16. The number of rotatable bonds is 8. The monoisotopic (exact) mass is 404 g/mol. The van der Waals surface area contributed by atoms with E-state index in [0.29, 0.717) is 17.9 Å². The molecule has 0 bridgehead atoms. The molecule has 1 aromatic carbocycles. The van der Waals surface area contributed by atoms with Gasteiger partial charge in [0.25, 0.3) is 11.8 Å². The second-order valence-electron chi connectivity index (χ2n) is 5.88. The van der Waals surface area contributed by atoms with Crippen molar-refractivity contribution < 1.29 is 32.7 Å². The fraction of sp³-hybridized carbons (Fsp3) is 0.250. The lowest BCUT2D eigenvalue weighted by Crippen LogP contribution is -2.46. The molecule has 0 aliphatic carbocycles. The second kappa shape index (κ2) is 10.6. The predicted molar refractivity (Wildman–Crippen MR) is 101 cm³/mol. The van der Waals surface area contributed by atoms with Gasteiger partial charge in [0.2, 0.25) is 0 Å². The summed E-state index contributed by atoms with van der Waals surface area (Å²) in [5.41, 5.74) is 4.37. The highest BCUT2D eigenvalue weighted by Crippen LogP contribution is 2.17. The largest absolute Gasteiger partial charge is 0.478 e. The van der Waals surface area contributed by atoms with Crippen LogP contribution < -0.4 is 15.6 Å². The summed E-state index contributed by atoms with van der Waals surface area (Å²) in [6.07, 6.45) is 2.10. The molecule has 0 radical (unpaired) electrons. The van der Waals surface area contributed by atoms with E-state index in [1.807, 2.05) is 0 Å². The Kier molecular flexibility index (Phi) is 7.96. The highest BCUT2D eigenvalue weighted by molar-refractivity contribution is 5.93. The Morgan fingerprint density at radius 3 is 2.66 bits per heavy atom. The fourth-order valence-electron chi connectivity index (χ4n) is 2.15. The van der Waals surface area contributed by atoms with Crippen LogP contribution in [-0.2, 0) is 25.5 Å². The standard InChI is InChI=1S/C20H21FN2O6/c1-13(28-17-6-4-3-5-16(17)21)20(26)23-22-18(24)11-9-14-7-8-15(29-14)10-12-19(25)27-2/h3-9,11,13H,10,12H2,1-2H3,(H,22,24)(H,23,26)/b11-9+/t13-/m1/s1. The minimum Gasteiger partial charge on any atom is -0.478 e. The first-order valence-electron chi connectivity index (χ1n) is 8.73. The number of carbonyl (C=O) groups is 3. The molecule has 2 aromatic rings. The van der Waals surface area contributed by atoms with Crippen LogP contribution >= 0.6 is 0 Å². The maximum atomic E-state index is 13.5. The van der Waals surface area contributed by atoms with E-state index in [1.165, 1.54) is 38.3 Å². The Morgan fingerprint density at radius 1 is 1.17 bits per heavy atom. The smallest absolute Gasteiger partial charge is 0.305 e. The van der Waals surface area contributed by atoms with Gasteiger partial charge >= 0.3 is 5.97 Å². The molecule has 0 fully saturated rings. The zero-order valence-electron chi connectivity index (χ0n) is 15.9. The van der Waals surface area contributed by atoms with Crippen LogP contribution in [0, 0.1) is 5.82 Å². The summed E-state index contributed by atoms with van der Waals surface area (Å²) in [4.78, 5) is 34.8. The molecule has 9 heteroatoms. The van der Waals surface area contributed by atoms with E-state index in [1.54, 1.807) is 18.2 Å². The number of amides is 2. The lowest BCUT2D eigenvalue weighted by atomic mass is 10.2. The van der Waals surface area contributed by atoms with E-state index >= 15 is 0 Å². The van der Waals surface area contributed by atoms with E-state index in [9.17, 15) is 18.8 Å². The van der Waals surface area contributed by atoms with Gasteiger partial charge in [-0.1, -0.05) is 12.1 Å². The van der Waals surface area contributed by atoms with Gasteiger partial charge in [-0.25, -0.2) is 4.39 Å². The van der Waals surface area contributed by atoms with Gasteiger partial charge in [0.15, 0.2) is 17.7 Å². The van der Waals surface area contributed by atoms with Gasteiger partial charge in [0.1, 0.15) is 11.5 Å². The van der Waals surface area contributed by atoms with Crippen molar-refractivity contribution >= 4 is 23.9 Å². The molecule has 0 spiro atoms. The number of para-hydroxylation sites is 1. The highest BCUT2D eigenvalue weighted by atomic mass is 19.1. The van der Waals surface area contributed by atoms with Crippen LogP contribution in [0.5, 0.6) is 5.75 Å². The van der Waals surface area contributed by atoms with Gasteiger partial charge in [0.05, 0.1) is 13.5 Å². The molecule has 29 heavy (non-hydrogen) atoms. The molecule has 1 aromatic heterocycles. The number of ether oxygens (including phenoxy) is 2. The van der Waals surface area contributed by atoms with E-state index < -0.39 is 23.7 Å². The average molecular weight is 404 g/mol. The van der Waals surface area contributed by atoms with E-state index in [0.717, 1.165) is 6.08 Å². The number of furan rings is 1. The van der Waals surface area contributed by atoms with Crippen LogP contribution in [-0.4, -0.2) is 31.0 Å². The zero-order valence-corrected chi connectivity index (χ0v) is 15.9. The molecular weight excluding hydrogens is 383 g/mol. The zero-order chi connectivity index (χ0) is 21.2. The molecule has 0 aliphatic heterocycles. The quantitative estimate of drug-likeness (QED) is 0.397. The van der Waals surface area contributed by atoms with Gasteiger partial charge < -0.3 is 13.9 Å². The summed E-state index contributed by atoms with van der Waals surface area (Å²) in [5, 5.41) is 0. The Hall–Kier alpha value is -3.62. The number of hydrogen-bond donors (Lipinski definition) is 2. The topological polar surface area (TPSA) is 107 Å². The van der Waals surface area contributed by atoms with Crippen LogP contribution in [0.3, 0.4) is 0 Å². The number of esters is 1. The molecule has 1 atom stereocenters.